The molecule has 3 atom stereocenters. The molecule has 0 aromatic carbocycles. The number of carbonyl (C=O) groups is 1. The second-order valence-corrected chi connectivity index (χ2v) is 6.02. The van der Waals surface area contributed by atoms with Crippen molar-refractivity contribution in [3.05, 3.63) is 12.2 Å². The van der Waals surface area contributed by atoms with E-state index >= 15 is 0 Å². The van der Waals surface area contributed by atoms with E-state index in [9.17, 15) is 4.79 Å². The van der Waals surface area contributed by atoms with Crippen LogP contribution in [-0.2, 0) is 9.53 Å². The van der Waals surface area contributed by atoms with Crippen molar-refractivity contribution in [3.63, 3.8) is 0 Å². The van der Waals surface area contributed by atoms with Crippen molar-refractivity contribution >= 4 is 5.97 Å². The van der Waals surface area contributed by atoms with Crippen LogP contribution in [0.4, 0.5) is 0 Å². The van der Waals surface area contributed by atoms with Crippen LogP contribution >= 0.6 is 0 Å². The Balaban J connectivity index is 1.93. The standard InChI is InChI=1S/C16H26O2/c1-3-4-5-8-14-9-6-7-10-15-12-16(15,11-14)18-13(2)17/h6,9,14-15H,3-5,7-8,10-12H2,1-2H3/b9-6-/t14?,15-,16+/m1/s1. The molecule has 0 N–H and O–H groups in total. The van der Waals surface area contributed by atoms with E-state index in [1.54, 1.807) is 6.92 Å². The topological polar surface area (TPSA) is 26.3 Å². The largest absolute Gasteiger partial charge is 0.459 e. The molecule has 0 aromatic heterocycles. The molecule has 102 valence electrons. The normalized spacial score (nSPS) is 36.1. The van der Waals surface area contributed by atoms with Crippen LogP contribution in [0.5, 0.6) is 0 Å². The highest BCUT2D eigenvalue weighted by molar-refractivity contribution is 5.67. The summed E-state index contributed by atoms with van der Waals surface area (Å²) in [5.74, 6) is 1.13. The van der Waals surface area contributed by atoms with E-state index in [1.807, 2.05) is 0 Å². The fourth-order valence-electron chi connectivity index (χ4n) is 3.38. The Kier molecular flexibility index (Phi) is 4.47. The molecule has 0 aromatic rings. The number of allylic oxidation sites excluding steroid dienone is 2. The van der Waals surface area contributed by atoms with Crippen molar-refractivity contribution < 1.29 is 9.53 Å². The van der Waals surface area contributed by atoms with E-state index < -0.39 is 0 Å². The summed E-state index contributed by atoms with van der Waals surface area (Å²) in [6.07, 6.45) is 14.3. The molecule has 2 rings (SSSR count). The molecule has 2 heteroatoms. The third-order valence-electron chi connectivity index (χ3n) is 4.40. The van der Waals surface area contributed by atoms with E-state index in [2.05, 4.69) is 19.1 Å². The number of ether oxygens (including phenoxy) is 1. The molecule has 0 spiro atoms. The SMILES string of the molecule is CCCCCC1/C=C\CC[C@@H]2C[C@@]2(OC(C)=O)C1. The van der Waals surface area contributed by atoms with Crippen LogP contribution in [0, 0.1) is 11.8 Å². The molecule has 0 bridgehead atoms. The second-order valence-electron chi connectivity index (χ2n) is 6.02. The van der Waals surface area contributed by atoms with Crippen LogP contribution in [0.1, 0.15) is 65.2 Å². The molecule has 18 heavy (non-hydrogen) atoms. The summed E-state index contributed by atoms with van der Waals surface area (Å²) in [6, 6.07) is 0. The Bertz CT molecular complexity index is 321. The van der Waals surface area contributed by atoms with Crippen LogP contribution in [0.25, 0.3) is 0 Å². The fourth-order valence-corrected chi connectivity index (χ4v) is 3.38. The van der Waals surface area contributed by atoms with Crippen LogP contribution in [0.3, 0.4) is 0 Å². The quantitative estimate of drug-likeness (QED) is 0.414. The molecule has 2 nitrogen and oxygen atoms in total. The Morgan fingerprint density at radius 1 is 1.39 bits per heavy atom. The maximum atomic E-state index is 11.3. The molecule has 1 unspecified atom stereocenters. The number of rotatable bonds is 5. The third kappa shape index (κ3) is 3.37. The van der Waals surface area contributed by atoms with Gasteiger partial charge in [0, 0.05) is 12.8 Å². The molecule has 1 saturated carbocycles. The molecule has 0 heterocycles. The van der Waals surface area contributed by atoms with Crippen LogP contribution in [0.15, 0.2) is 12.2 Å². The van der Waals surface area contributed by atoms with Crippen LogP contribution in [-0.4, -0.2) is 11.6 Å². The zero-order valence-corrected chi connectivity index (χ0v) is 11.8. The van der Waals surface area contributed by atoms with Gasteiger partial charge in [0.25, 0.3) is 0 Å². The minimum Gasteiger partial charge on any atom is -0.459 e. The Labute approximate surface area is 111 Å². The zero-order chi connectivity index (χ0) is 13.0. The lowest BCUT2D eigenvalue weighted by Crippen LogP contribution is -2.24. The highest BCUT2D eigenvalue weighted by atomic mass is 16.6. The molecular formula is C16H26O2. The summed E-state index contributed by atoms with van der Waals surface area (Å²) in [5.41, 5.74) is -0.0898. The number of carbonyl (C=O) groups excluding carboxylic acids is 1. The van der Waals surface area contributed by atoms with Crippen molar-refractivity contribution in [1.82, 2.24) is 0 Å². The van der Waals surface area contributed by atoms with E-state index in [0.717, 1.165) is 19.3 Å². The Morgan fingerprint density at radius 3 is 2.94 bits per heavy atom. The maximum Gasteiger partial charge on any atom is 0.303 e. The summed E-state index contributed by atoms with van der Waals surface area (Å²) in [4.78, 5) is 11.3. The lowest BCUT2D eigenvalue weighted by Gasteiger charge is -2.24. The fraction of sp³-hybridized carbons (Fsp3) is 0.812. The monoisotopic (exact) mass is 250 g/mol. The summed E-state index contributed by atoms with van der Waals surface area (Å²) in [6.45, 7) is 3.79. The molecular weight excluding hydrogens is 224 g/mol. The van der Waals surface area contributed by atoms with Crippen molar-refractivity contribution in [2.75, 3.05) is 0 Å². The van der Waals surface area contributed by atoms with E-state index in [4.69, 9.17) is 4.74 Å². The van der Waals surface area contributed by atoms with Gasteiger partial charge in [0.2, 0.25) is 0 Å². The third-order valence-corrected chi connectivity index (χ3v) is 4.40. The number of hydrogen-bond acceptors (Lipinski definition) is 2. The number of esters is 1. The Morgan fingerprint density at radius 2 is 2.22 bits per heavy atom. The van der Waals surface area contributed by atoms with Crippen molar-refractivity contribution in [1.29, 1.82) is 0 Å². The van der Waals surface area contributed by atoms with E-state index in [-0.39, 0.29) is 11.6 Å². The first-order valence-corrected chi connectivity index (χ1v) is 7.52. The van der Waals surface area contributed by atoms with Gasteiger partial charge in [-0.15, -0.1) is 0 Å². The maximum absolute atomic E-state index is 11.3. The minimum atomic E-state index is -0.102. The predicted octanol–water partition coefficient (Wildman–Crippen LogP) is 4.24. The van der Waals surface area contributed by atoms with Gasteiger partial charge in [-0.25, -0.2) is 0 Å². The second kappa shape index (κ2) is 5.90. The number of fused-ring (bicyclic) bond motifs is 1. The van der Waals surface area contributed by atoms with Gasteiger partial charge in [-0.05, 0) is 38.0 Å². The summed E-state index contributed by atoms with van der Waals surface area (Å²) >= 11 is 0. The average molecular weight is 250 g/mol. The van der Waals surface area contributed by atoms with Gasteiger partial charge in [0.05, 0.1) is 0 Å². The number of hydrogen-bond donors (Lipinski definition) is 0. The van der Waals surface area contributed by atoms with Crippen molar-refractivity contribution in [3.8, 4) is 0 Å². The molecule has 0 radical (unpaired) electrons. The average Bonchev–Trinajstić information content (AvgIpc) is 2.92. The highest BCUT2D eigenvalue weighted by Gasteiger charge is 2.57. The summed E-state index contributed by atoms with van der Waals surface area (Å²) in [5, 5.41) is 0. The van der Waals surface area contributed by atoms with Crippen LogP contribution < -0.4 is 0 Å². The van der Waals surface area contributed by atoms with Crippen LogP contribution in [0.2, 0.25) is 0 Å². The van der Waals surface area contributed by atoms with Gasteiger partial charge in [-0.2, -0.15) is 0 Å². The first-order valence-electron chi connectivity index (χ1n) is 7.52. The minimum absolute atomic E-state index is 0.0898. The smallest absolute Gasteiger partial charge is 0.303 e. The van der Waals surface area contributed by atoms with E-state index in [1.165, 1.54) is 32.1 Å². The Hall–Kier alpha value is -0.790. The first kappa shape index (κ1) is 13.6. The van der Waals surface area contributed by atoms with Gasteiger partial charge in [-0.1, -0.05) is 38.3 Å². The molecule has 0 saturated heterocycles. The highest BCUT2D eigenvalue weighted by Crippen LogP contribution is 2.55. The van der Waals surface area contributed by atoms with Crippen molar-refractivity contribution in [2.24, 2.45) is 11.8 Å². The molecule has 1 fully saturated rings. The first-order chi connectivity index (χ1) is 8.66. The summed E-state index contributed by atoms with van der Waals surface area (Å²) in [7, 11) is 0. The predicted molar refractivity (Wildman–Crippen MR) is 73.2 cm³/mol. The lowest BCUT2D eigenvalue weighted by molar-refractivity contribution is -0.150. The lowest BCUT2D eigenvalue weighted by atomic mass is 9.90. The van der Waals surface area contributed by atoms with Gasteiger partial charge in [0.15, 0.2) is 0 Å². The molecule has 2 aliphatic carbocycles. The van der Waals surface area contributed by atoms with Gasteiger partial charge >= 0.3 is 5.97 Å². The van der Waals surface area contributed by atoms with Gasteiger partial charge < -0.3 is 4.74 Å². The van der Waals surface area contributed by atoms with Crippen molar-refractivity contribution in [2.45, 2.75) is 70.8 Å². The molecule has 0 aliphatic heterocycles. The molecule has 2 aliphatic rings. The van der Waals surface area contributed by atoms with Gasteiger partial charge in [0.1, 0.15) is 5.60 Å². The van der Waals surface area contributed by atoms with E-state index in [0.29, 0.717) is 11.8 Å². The zero-order valence-electron chi connectivity index (χ0n) is 11.8. The number of unbranched alkanes of at least 4 members (excludes halogenated alkanes) is 2. The molecule has 0 amide bonds. The summed E-state index contributed by atoms with van der Waals surface area (Å²) < 4.78 is 5.65. The van der Waals surface area contributed by atoms with Gasteiger partial charge in [-0.3, -0.25) is 4.79 Å².